The maximum atomic E-state index is 13.0. The van der Waals surface area contributed by atoms with E-state index < -0.39 is 23.9 Å². The molecule has 27 heavy (non-hydrogen) atoms. The Kier molecular flexibility index (Phi) is 9.47. The van der Waals surface area contributed by atoms with Gasteiger partial charge >= 0.3 is 7.60 Å². The van der Waals surface area contributed by atoms with Crippen LogP contribution in [0.5, 0.6) is 0 Å². The molecule has 0 aromatic heterocycles. The molecule has 10 heteroatoms. The molecule has 0 saturated heterocycles. The fraction of sp³-hybridized carbons (Fsp3) is 0.529. The van der Waals surface area contributed by atoms with Crippen LogP contribution in [0, 0.1) is 18.6 Å². The Morgan fingerprint density at radius 2 is 1.59 bits per heavy atom. The van der Waals surface area contributed by atoms with Gasteiger partial charge in [-0.2, -0.15) is 0 Å². The van der Waals surface area contributed by atoms with Crippen LogP contribution >= 0.6 is 7.60 Å². The van der Waals surface area contributed by atoms with Crippen molar-refractivity contribution in [1.82, 2.24) is 4.31 Å². The van der Waals surface area contributed by atoms with Crippen LogP contribution in [-0.2, 0) is 33.1 Å². The van der Waals surface area contributed by atoms with Gasteiger partial charge in [-0.25, -0.2) is 17.3 Å². The van der Waals surface area contributed by atoms with Crippen LogP contribution < -0.4 is 0 Å². The molecule has 1 rings (SSSR count). The molecule has 0 spiro atoms. The van der Waals surface area contributed by atoms with Crippen molar-refractivity contribution in [2.24, 2.45) is 0 Å². The Balaban J connectivity index is 3.34. The van der Waals surface area contributed by atoms with Crippen molar-refractivity contribution in [3.8, 4) is 11.7 Å². The third-order valence-corrected chi connectivity index (χ3v) is 6.62. The first kappa shape index (κ1) is 23.6. The minimum atomic E-state index is -4.02. The van der Waals surface area contributed by atoms with E-state index in [-0.39, 0.29) is 24.7 Å². The molecule has 0 heterocycles. The smallest absolute Gasteiger partial charge is 0.354 e. The van der Waals surface area contributed by atoms with Crippen molar-refractivity contribution in [1.29, 1.82) is 0 Å². The van der Waals surface area contributed by atoms with Gasteiger partial charge in [0.25, 0.3) is 10.0 Å². The average Bonchev–Trinajstić information content (AvgIpc) is 2.62. The molecule has 0 aliphatic rings. The van der Waals surface area contributed by atoms with E-state index >= 15 is 0 Å². The molecule has 0 fully saturated rings. The van der Waals surface area contributed by atoms with Crippen LogP contribution in [0.2, 0.25) is 0 Å². The highest BCUT2D eigenvalue weighted by molar-refractivity contribution is 7.89. The largest absolute Gasteiger partial charge is 0.407 e. The van der Waals surface area contributed by atoms with Crippen LogP contribution in [0.3, 0.4) is 0 Å². The summed E-state index contributed by atoms with van der Waals surface area (Å²) < 4.78 is 59.7. The first-order valence-electron chi connectivity index (χ1n) is 8.29. The molecule has 8 nitrogen and oxygen atoms in total. The topological polar surface area (TPSA) is 91.4 Å². The SMILES string of the molecule is CCOP(=O)(C#CN(CC(OC)OC)S(=O)(=O)c1ccc(C)cc1)OCC. The number of hydrogen-bond donors (Lipinski definition) is 0. The van der Waals surface area contributed by atoms with Gasteiger partial charge in [-0.3, -0.25) is 9.05 Å². The van der Waals surface area contributed by atoms with Crippen molar-refractivity contribution in [3.05, 3.63) is 29.8 Å². The van der Waals surface area contributed by atoms with Crippen molar-refractivity contribution >= 4 is 17.6 Å². The van der Waals surface area contributed by atoms with Crippen molar-refractivity contribution in [2.45, 2.75) is 32.0 Å². The fourth-order valence-electron chi connectivity index (χ4n) is 1.98. The Bertz CT molecular complexity index is 785. The predicted molar refractivity (Wildman–Crippen MR) is 102 cm³/mol. The number of ether oxygens (including phenoxy) is 2. The Morgan fingerprint density at radius 1 is 1.07 bits per heavy atom. The predicted octanol–water partition coefficient (Wildman–Crippen LogP) is 2.79. The number of nitrogens with zero attached hydrogens (tertiary/aromatic N) is 1. The second kappa shape index (κ2) is 10.8. The van der Waals surface area contributed by atoms with E-state index in [2.05, 4.69) is 11.7 Å². The molecule has 0 atom stereocenters. The fourth-order valence-corrected chi connectivity index (χ4v) is 4.39. The molecule has 0 bridgehead atoms. The van der Waals surface area contributed by atoms with Gasteiger partial charge in [0.2, 0.25) is 0 Å². The molecule has 0 saturated carbocycles. The highest BCUT2D eigenvalue weighted by Gasteiger charge is 2.27. The number of benzene rings is 1. The number of sulfonamides is 1. The van der Waals surface area contributed by atoms with E-state index in [1.807, 2.05) is 6.92 Å². The third-order valence-electron chi connectivity index (χ3n) is 3.36. The van der Waals surface area contributed by atoms with Crippen LogP contribution in [0.4, 0.5) is 0 Å². The van der Waals surface area contributed by atoms with Gasteiger partial charge in [-0.1, -0.05) is 17.7 Å². The first-order chi connectivity index (χ1) is 12.7. The third kappa shape index (κ3) is 6.92. The normalized spacial score (nSPS) is 11.9. The van der Waals surface area contributed by atoms with Gasteiger partial charge in [-0.05, 0) is 32.9 Å². The van der Waals surface area contributed by atoms with Crippen molar-refractivity contribution in [3.63, 3.8) is 0 Å². The van der Waals surface area contributed by atoms with Gasteiger partial charge in [-0.15, -0.1) is 0 Å². The van der Waals surface area contributed by atoms with Crippen LogP contribution in [-0.4, -0.2) is 53.0 Å². The van der Waals surface area contributed by atoms with E-state index in [1.54, 1.807) is 26.0 Å². The molecule has 0 unspecified atom stereocenters. The van der Waals surface area contributed by atoms with Gasteiger partial charge in [0.1, 0.15) is 0 Å². The van der Waals surface area contributed by atoms with Gasteiger partial charge in [0, 0.05) is 25.9 Å². The number of methoxy groups -OCH3 is 2. The zero-order chi connectivity index (χ0) is 20.5. The van der Waals surface area contributed by atoms with Crippen LogP contribution in [0.1, 0.15) is 19.4 Å². The van der Waals surface area contributed by atoms with Crippen molar-refractivity contribution < 1.29 is 31.5 Å². The first-order valence-corrected chi connectivity index (χ1v) is 11.3. The minimum absolute atomic E-state index is 0.0380. The number of aryl methyl sites for hydroxylation is 1. The lowest BCUT2D eigenvalue weighted by molar-refractivity contribution is -0.104. The number of rotatable bonds is 10. The quantitative estimate of drug-likeness (QED) is 0.249. The van der Waals surface area contributed by atoms with Crippen molar-refractivity contribution in [2.75, 3.05) is 34.0 Å². The molecule has 1 aromatic rings. The molecule has 152 valence electrons. The zero-order valence-corrected chi connectivity index (χ0v) is 17.9. The highest BCUT2D eigenvalue weighted by atomic mass is 32.2. The van der Waals surface area contributed by atoms with Gasteiger partial charge in [0.15, 0.2) is 6.29 Å². The van der Waals surface area contributed by atoms with E-state index in [0.29, 0.717) is 0 Å². The maximum Gasteiger partial charge on any atom is 0.407 e. The van der Waals surface area contributed by atoms with Gasteiger partial charge < -0.3 is 9.47 Å². The van der Waals surface area contributed by atoms with Gasteiger partial charge in [0.05, 0.1) is 24.7 Å². The van der Waals surface area contributed by atoms with Crippen LogP contribution in [0.15, 0.2) is 29.2 Å². The minimum Gasteiger partial charge on any atom is -0.354 e. The summed E-state index contributed by atoms with van der Waals surface area (Å²) in [6, 6.07) is 8.70. The molecule has 0 radical (unpaired) electrons. The van der Waals surface area contributed by atoms with E-state index in [9.17, 15) is 13.0 Å². The Morgan fingerprint density at radius 3 is 2.04 bits per heavy atom. The lowest BCUT2D eigenvalue weighted by Crippen LogP contribution is -2.35. The molecule has 0 N–H and O–H groups in total. The molecule has 0 amide bonds. The van der Waals surface area contributed by atoms with E-state index in [0.717, 1.165) is 9.87 Å². The maximum absolute atomic E-state index is 13.0. The molecular formula is C17H26NO7PS. The second-order valence-electron chi connectivity index (χ2n) is 5.31. The molecular weight excluding hydrogens is 393 g/mol. The van der Waals surface area contributed by atoms with E-state index in [4.69, 9.17) is 18.5 Å². The lowest BCUT2D eigenvalue weighted by atomic mass is 10.2. The summed E-state index contributed by atoms with van der Waals surface area (Å²) >= 11 is 0. The molecule has 0 aliphatic heterocycles. The molecule has 1 aromatic carbocycles. The summed E-state index contributed by atoms with van der Waals surface area (Å²) in [7, 11) is -5.01. The molecule has 0 aliphatic carbocycles. The van der Waals surface area contributed by atoms with E-state index in [1.165, 1.54) is 26.4 Å². The standard InChI is InChI=1S/C17H26NO7PS/c1-6-24-26(19,25-7-2)13-12-18(14-17(22-4)23-5)27(20,21)16-10-8-15(3)9-11-16/h8-11,17H,6-7,14H2,1-5H3. The summed E-state index contributed by atoms with van der Waals surface area (Å²) in [5.74, 6) is 0. The zero-order valence-electron chi connectivity index (χ0n) is 16.2. The Labute approximate surface area is 161 Å². The highest BCUT2D eigenvalue weighted by Crippen LogP contribution is 2.46. The van der Waals surface area contributed by atoms with Crippen LogP contribution in [0.25, 0.3) is 0 Å². The summed E-state index contributed by atoms with van der Waals surface area (Å²) in [4.78, 5) is 0.0380. The Hall–Kier alpha value is -1.40. The summed E-state index contributed by atoms with van der Waals surface area (Å²) in [6.07, 6.45) is -0.863. The summed E-state index contributed by atoms with van der Waals surface area (Å²) in [6.45, 7) is 5.11. The lowest BCUT2D eigenvalue weighted by Gasteiger charge is -2.22. The second-order valence-corrected chi connectivity index (χ2v) is 8.90. The monoisotopic (exact) mass is 419 g/mol. The summed E-state index contributed by atoms with van der Waals surface area (Å²) in [5, 5.41) is 0. The number of hydrogen-bond acceptors (Lipinski definition) is 7. The average molecular weight is 419 g/mol. The summed E-state index contributed by atoms with van der Waals surface area (Å²) in [5.41, 5.74) is 3.25.